The van der Waals surface area contributed by atoms with Crippen LogP contribution in [-0.4, -0.2) is 50.2 Å². The Hall–Kier alpha value is -1.14. The summed E-state index contributed by atoms with van der Waals surface area (Å²) in [6.45, 7) is 5.50. The minimum absolute atomic E-state index is 0. The zero-order chi connectivity index (χ0) is 13.5. The topological polar surface area (TPSA) is 67.6 Å². The minimum atomic E-state index is -0.0307. The summed E-state index contributed by atoms with van der Waals surface area (Å²) in [5.74, 6) is -0.0307. The van der Waals surface area contributed by atoms with Gasteiger partial charge in [-0.05, 0) is 17.7 Å². The van der Waals surface area contributed by atoms with Crippen LogP contribution in [0.3, 0.4) is 0 Å². The van der Waals surface area contributed by atoms with Gasteiger partial charge in [0, 0.05) is 38.3 Å². The van der Waals surface area contributed by atoms with Gasteiger partial charge < -0.3 is 15.8 Å². The van der Waals surface area contributed by atoms with Crippen LogP contribution >= 0.6 is 12.4 Å². The SMILES string of the molecule is Cl.NCc1ccc(C(=O)NCCN2CCOCC2)cc1. The monoisotopic (exact) mass is 299 g/mol. The molecule has 0 saturated carbocycles. The molecule has 1 aromatic carbocycles. The quantitative estimate of drug-likeness (QED) is 0.837. The van der Waals surface area contributed by atoms with E-state index in [1.165, 1.54) is 0 Å². The van der Waals surface area contributed by atoms with E-state index in [0.717, 1.165) is 38.4 Å². The Morgan fingerprint density at radius 2 is 1.90 bits per heavy atom. The van der Waals surface area contributed by atoms with Crippen molar-refractivity contribution in [3.05, 3.63) is 35.4 Å². The average molecular weight is 300 g/mol. The van der Waals surface area contributed by atoms with E-state index in [9.17, 15) is 4.79 Å². The van der Waals surface area contributed by atoms with Crippen molar-refractivity contribution >= 4 is 18.3 Å². The van der Waals surface area contributed by atoms with Gasteiger partial charge in [-0.15, -0.1) is 12.4 Å². The highest BCUT2D eigenvalue weighted by molar-refractivity contribution is 5.94. The van der Waals surface area contributed by atoms with E-state index in [4.69, 9.17) is 10.5 Å². The first kappa shape index (κ1) is 16.9. The predicted octanol–water partition coefficient (Wildman–Crippen LogP) is 0.629. The summed E-state index contributed by atoms with van der Waals surface area (Å²) in [7, 11) is 0. The number of halogens is 1. The van der Waals surface area contributed by atoms with Crippen molar-refractivity contribution in [2.24, 2.45) is 5.73 Å². The number of carbonyl (C=O) groups excluding carboxylic acids is 1. The van der Waals surface area contributed by atoms with Crippen LogP contribution in [0.2, 0.25) is 0 Å². The first-order valence-electron chi connectivity index (χ1n) is 6.67. The number of hydrogen-bond donors (Lipinski definition) is 2. The maximum atomic E-state index is 11.9. The molecule has 0 aliphatic carbocycles. The number of nitrogens with two attached hydrogens (primary N) is 1. The molecule has 1 aromatic rings. The van der Waals surface area contributed by atoms with E-state index in [1.807, 2.05) is 24.3 Å². The highest BCUT2D eigenvalue weighted by Gasteiger charge is 2.10. The third-order valence-corrected chi connectivity index (χ3v) is 3.27. The molecule has 3 N–H and O–H groups in total. The lowest BCUT2D eigenvalue weighted by atomic mass is 10.1. The highest BCUT2D eigenvalue weighted by Crippen LogP contribution is 2.03. The smallest absolute Gasteiger partial charge is 0.251 e. The van der Waals surface area contributed by atoms with E-state index in [0.29, 0.717) is 18.7 Å². The van der Waals surface area contributed by atoms with Crippen molar-refractivity contribution in [2.75, 3.05) is 39.4 Å². The maximum Gasteiger partial charge on any atom is 0.251 e. The molecule has 5 nitrogen and oxygen atoms in total. The zero-order valence-electron chi connectivity index (χ0n) is 11.5. The maximum absolute atomic E-state index is 11.9. The lowest BCUT2D eigenvalue weighted by Gasteiger charge is -2.26. The molecule has 0 atom stereocenters. The number of nitrogens with zero attached hydrogens (tertiary/aromatic N) is 1. The molecule has 0 spiro atoms. The Morgan fingerprint density at radius 1 is 1.25 bits per heavy atom. The van der Waals surface area contributed by atoms with Crippen molar-refractivity contribution < 1.29 is 9.53 Å². The van der Waals surface area contributed by atoms with Gasteiger partial charge >= 0.3 is 0 Å². The summed E-state index contributed by atoms with van der Waals surface area (Å²) in [6.07, 6.45) is 0. The molecule has 0 bridgehead atoms. The first-order chi connectivity index (χ1) is 9.29. The zero-order valence-corrected chi connectivity index (χ0v) is 12.3. The summed E-state index contributed by atoms with van der Waals surface area (Å²) in [6, 6.07) is 7.40. The van der Waals surface area contributed by atoms with Crippen molar-refractivity contribution in [1.82, 2.24) is 10.2 Å². The van der Waals surface area contributed by atoms with Crippen LogP contribution in [0.25, 0.3) is 0 Å². The molecule has 20 heavy (non-hydrogen) atoms. The first-order valence-corrected chi connectivity index (χ1v) is 6.67. The molecule has 1 fully saturated rings. The van der Waals surface area contributed by atoms with Crippen molar-refractivity contribution in [3.8, 4) is 0 Å². The third kappa shape index (κ3) is 5.09. The molecule has 1 heterocycles. The van der Waals surface area contributed by atoms with Gasteiger partial charge in [-0.25, -0.2) is 0 Å². The summed E-state index contributed by atoms with van der Waals surface area (Å²) >= 11 is 0. The van der Waals surface area contributed by atoms with Crippen LogP contribution in [0.5, 0.6) is 0 Å². The lowest BCUT2D eigenvalue weighted by Crippen LogP contribution is -2.41. The Morgan fingerprint density at radius 3 is 2.50 bits per heavy atom. The van der Waals surface area contributed by atoms with Crippen LogP contribution in [-0.2, 0) is 11.3 Å². The number of nitrogens with one attached hydrogen (secondary N) is 1. The average Bonchev–Trinajstić information content (AvgIpc) is 2.48. The fraction of sp³-hybridized carbons (Fsp3) is 0.500. The largest absolute Gasteiger partial charge is 0.379 e. The number of morpholine rings is 1. The second-order valence-corrected chi connectivity index (χ2v) is 4.61. The second-order valence-electron chi connectivity index (χ2n) is 4.61. The van der Waals surface area contributed by atoms with E-state index < -0.39 is 0 Å². The van der Waals surface area contributed by atoms with E-state index in [2.05, 4.69) is 10.2 Å². The standard InChI is InChI=1S/C14H21N3O2.ClH/c15-11-12-1-3-13(4-2-12)14(18)16-5-6-17-7-9-19-10-8-17;/h1-4H,5-11,15H2,(H,16,18);1H. The van der Waals surface area contributed by atoms with Crippen LogP contribution in [0.4, 0.5) is 0 Å². The Bertz CT molecular complexity index is 405. The summed E-state index contributed by atoms with van der Waals surface area (Å²) < 4.78 is 5.28. The van der Waals surface area contributed by atoms with Crippen LogP contribution in [0, 0.1) is 0 Å². The van der Waals surface area contributed by atoms with Gasteiger partial charge in [0.2, 0.25) is 0 Å². The third-order valence-electron chi connectivity index (χ3n) is 3.27. The number of rotatable bonds is 5. The molecule has 1 saturated heterocycles. The summed E-state index contributed by atoms with van der Waals surface area (Å²) in [5.41, 5.74) is 7.23. The molecular weight excluding hydrogens is 278 g/mol. The number of carbonyl (C=O) groups is 1. The molecule has 0 unspecified atom stereocenters. The molecule has 0 aromatic heterocycles. The summed E-state index contributed by atoms with van der Waals surface area (Å²) in [5, 5.41) is 2.93. The minimum Gasteiger partial charge on any atom is -0.379 e. The van der Waals surface area contributed by atoms with Crippen LogP contribution < -0.4 is 11.1 Å². The summed E-state index contributed by atoms with van der Waals surface area (Å²) in [4.78, 5) is 14.2. The number of ether oxygens (including phenoxy) is 1. The van der Waals surface area contributed by atoms with Crippen LogP contribution in [0.15, 0.2) is 24.3 Å². The van der Waals surface area contributed by atoms with Crippen molar-refractivity contribution in [1.29, 1.82) is 0 Å². The fourth-order valence-corrected chi connectivity index (χ4v) is 2.05. The van der Waals surface area contributed by atoms with Gasteiger partial charge in [0.05, 0.1) is 13.2 Å². The predicted molar refractivity (Wildman–Crippen MR) is 81.2 cm³/mol. The van der Waals surface area contributed by atoms with Gasteiger partial charge in [0.15, 0.2) is 0 Å². The number of amides is 1. The molecule has 1 amide bonds. The molecule has 6 heteroatoms. The van der Waals surface area contributed by atoms with E-state index >= 15 is 0 Å². The number of benzene rings is 1. The lowest BCUT2D eigenvalue weighted by molar-refractivity contribution is 0.0383. The van der Waals surface area contributed by atoms with E-state index in [-0.39, 0.29) is 18.3 Å². The Kier molecular flexibility index (Phi) is 7.54. The van der Waals surface area contributed by atoms with E-state index in [1.54, 1.807) is 0 Å². The second kappa shape index (κ2) is 8.92. The molecule has 2 rings (SSSR count). The number of hydrogen-bond acceptors (Lipinski definition) is 4. The molecule has 0 radical (unpaired) electrons. The van der Waals surface area contributed by atoms with Gasteiger partial charge in [-0.2, -0.15) is 0 Å². The molecular formula is C14H22ClN3O2. The van der Waals surface area contributed by atoms with Gasteiger partial charge in [-0.1, -0.05) is 12.1 Å². The van der Waals surface area contributed by atoms with Crippen molar-refractivity contribution in [3.63, 3.8) is 0 Å². The molecule has 112 valence electrons. The molecule has 1 aliphatic rings. The van der Waals surface area contributed by atoms with Gasteiger partial charge in [-0.3, -0.25) is 9.69 Å². The van der Waals surface area contributed by atoms with Crippen LogP contribution in [0.1, 0.15) is 15.9 Å². The van der Waals surface area contributed by atoms with Gasteiger partial charge in [0.25, 0.3) is 5.91 Å². The Balaban J connectivity index is 0.00000200. The molecule has 1 aliphatic heterocycles. The van der Waals surface area contributed by atoms with Crippen molar-refractivity contribution in [2.45, 2.75) is 6.54 Å². The van der Waals surface area contributed by atoms with Gasteiger partial charge in [0.1, 0.15) is 0 Å². The highest BCUT2D eigenvalue weighted by atomic mass is 35.5. The Labute approximate surface area is 125 Å². The normalized spacial score (nSPS) is 15.4. The fourth-order valence-electron chi connectivity index (χ4n) is 2.05.